The highest BCUT2D eigenvalue weighted by molar-refractivity contribution is 6.35. The number of rotatable bonds is 1. The Hall–Kier alpha value is -2.31. The van der Waals surface area contributed by atoms with Crippen molar-refractivity contribution in [2.45, 2.75) is 24.9 Å². The van der Waals surface area contributed by atoms with Gasteiger partial charge in [-0.3, -0.25) is 4.90 Å². The summed E-state index contributed by atoms with van der Waals surface area (Å²) in [6.45, 7) is 2.54. The molecule has 1 aromatic carbocycles. The summed E-state index contributed by atoms with van der Waals surface area (Å²) in [4.78, 5) is 13.1. The Bertz CT molecular complexity index is 959. The van der Waals surface area contributed by atoms with Crippen molar-refractivity contribution in [1.82, 2.24) is 14.9 Å². The van der Waals surface area contributed by atoms with Crippen LogP contribution >= 0.6 is 23.2 Å². The second-order valence-electron chi connectivity index (χ2n) is 6.66. The van der Waals surface area contributed by atoms with Crippen molar-refractivity contribution in [1.29, 1.82) is 5.26 Å². The normalized spacial score (nSPS) is 21.9. The third kappa shape index (κ3) is 3.73. The van der Waals surface area contributed by atoms with Gasteiger partial charge in [0.25, 0.3) is 0 Å². The van der Waals surface area contributed by atoms with Crippen LogP contribution in [0.1, 0.15) is 24.1 Å². The van der Waals surface area contributed by atoms with Crippen LogP contribution in [0.4, 0.5) is 5.82 Å². The zero-order valence-electron chi connectivity index (χ0n) is 14.6. The molecule has 2 atom stereocenters. The van der Waals surface area contributed by atoms with Gasteiger partial charge >= 0.3 is 0 Å². The molecule has 3 heterocycles. The third-order valence-electron chi connectivity index (χ3n) is 5.09. The number of nitriles is 1. The summed E-state index contributed by atoms with van der Waals surface area (Å²) in [7, 11) is 0. The Balaban J connectivity index is 1.47. The Morgan fingerprint density at radius 3 is 2.78 bits per heavy atom. The van der Waals surface area contributed by atoms with Crippen LogP contribution in [0.5, 0.6) is 0 Å². The maximum absolute atomic E-state index is 9.27. The van der Waals surface area contributed by atoms with E-state index in [9.17, 15) is 5.26 Å². The van der Waals surface area contributed by atoms with E-state index >= 15 is 0 Å². The van der Waals surface area contributed by atoms with Crippen molar-refractivity contribution in [3.63, 3.8) is 0 Å². The van der Waals surface area contributed by atoms with Crippen LogP contribution in [-0.4, -0.2) is 46.6 Å². The summed E-state index contributed by atoms with van der Waals surface area (Å²) < 4.78 is 0. The van der Waals surface area contributed by atoms with Crippen molar-refractivity contribution < 1.29 is 0 Å². The van der Waals surface area contributed by atoms with E-state index in [1.807, 2.05) is 6.07 Å². The fourth-order valence-electron chi connectivity index (χ4n) is 3.79. The minimum atomic E-state index is 0.223. The molecule has 0 bridgehead atoms. The van der Waals surface area contributed by atoms with Crippen LogP contribution in [0.25, 0.3) is 0 Å². The molecule has 0 radical (unpaired) electrons. The lowest BCUT2D eigenvalue weighted by molar-refractivity contribution is 0.202. The SMILES string of the molecule is N#Cc1nccnc1N1CCN2[C@@H](CC[C@@H]2C#Cc2ccc(Cl)cc2Cl)C1. The quantitative estimate of drug-likeness (QED) is 0.690. The summed E-state index contributed by atoms with van der Waals surface area (Å²) in [6, 6.07) is 8.16. The first-order valence-corrected chi connectivity index (χ1v) is 9.59. The summed E-state index contributed by atoms with van der Waals surface area (Å²) in [5.74, 6) is 7.28. The first-order chi connectivity index (χ1) is 13.2. The van der Waals surface area contributed by atoms with Gasteiger partial charge in [0.15, 0.2) is 11.5 Å². The predicted octanol–water partition coefficient (Wildman–Crippen LogP) is 3.36. The first kappa shape index (κ1) is 18.1. The van der Waals surface area contributed by atoms with Crippen molar-refractivity contribution in [3.8, 4) is 17.9 Å². The smallest absolute Gasteiger partial charge is 0.183 e. The second-order valence-corrected chi connectivity index (χ2v) is 7.51. The molecule has 2 fully saturated rings. The van der Waals surface area contributed by atoms with Crippen LogP contribution in [0.15, 0.2) is 30.6 Å². The average molecular weight is 398 g/mol. The van der Waals surface area contributed by atoms with Crippen molar-refractivity contribution in [2.75, 3.05) is 24.5 Å². The van der Waals surface area contributed by atoms with Crippen LogP contribution in [-0.2, 0) is 0 Å². The number of nitrogens with zero attached hydrogens (tertiary/aromatic N) is 5. The van der Waals surface area contributed by atoms with E-state index in [0.717, 1.165) is 38.0 Å². The molecule has 2 aromatic rings. The minimum Gasteiger partial charge on any atom is -0.351 e. The van der Waals surface area contributed by atoms with Crippen LogP contribution in [0, 0.1) is 23.2 Å². The van der Waals surface area contributed by atoms with E-state index in [2.05, 4.69) is 37.7 Å². The van der Waals surface area contributed by atoms with Crippen molar-refractivity contribution in [3.05, 3.63) is 51.9 Å². The van der Waals surface area contributed by atoms with E-state index in [1.165, 1.54) is 0 Å². The lowest BCUT2D eigenvalue weighted by atomic mass is 10.1. The molecule has 5 nitrogen and oxygen atoms in total. The Labute approximate surface area is 168 Å². The molecule has 1 aromatic heterocycles. The van der Waals surface area contributed by atoms with Gasteiger partial charge in [-0.15, -0.1) is 0 Å². The highest BCUT2D eigenvalue weighted by atomic mass is 35.5. The maximum atomic E-state index is 9.27. The molecule has 0 N–H and O–H groups in total. The van der Waals surface area contributed by atoms with Crippen molar-refractivity contribution in [2.24, 2.45) is 0 Å². The number of aromatic nitrogens is 2. The maximum Gasteiger partial charge on any atom is 0.183 e. The van der Waals surface area contributed by atoms with Gasteiger partial charge in [-0.05, 0) is 31.0 Å². The zero-order valence-corrected chi connectivity index (χ0v) is 16.1. The molecule has 2 aliphatic rings. The lowest BCUT2D eigenvalue weighted by Crippen LogP contribution is -2.52. The average Bonchev–Trinajstić information content (AvgIpc) is 3.09. The third-order valence-corrected chi connectivity index (χ3v) is 5.64. The number of piperazine rings is 1. The molecular weight excluding hydrogens is 381 g/mol. The summed E-state index contributed by atoms with van der Waals surface area (Å²) >= 11 is 12.2. The van der Waals surface area contributed by atoms with Crippen LogP contribution in [0.2, 0.25) is 10.0 Å². The van der Waals surface area contributed by atoms with Crippen molar-refractivity contribution >= 4 is 29.0 Å². The minimum absolute atomic E-state index is 0.223. The lowest BCUT2D eigenvalue weighted by Gasteiger charge is -2.39. The topological polar surface area (TPSA) is 56.1 Å². The van der Waals surface area contributed by atoms with Gasteiger partial charge in [0, 0.05) is 48.7 Å². The highest BCUT2D eigenvalue weighted by Crippen LogP contribution is 2.29. The molecule has 0 spiro atoms. The van der Waals surface area contributed by atoms with E-state index in [0.29, 0.717) is 27.6 Å². The Kier molecular flexibility index (Phi) is 5.18. The molecule has 136 valence electrons. The number of fused-ring (bicyclic) bond motifs is 1. The van der Waals surface area contributed by atoms with Gasteiger partial charge in [0.05, 0.1) is 11.1 Å². The molecule has 4 rings (SSSR count). The number of benzene rings is 1. The highest BCUT2D eigenvalue weighted by Gasteiger charge is 2.37. The Morgan fingerprint density at radius 2 is 1.96 bits per heavy atom. The summed E-state index contributed by atoms with van der Waals surface area (Å²) in [5.41, 5.74) is 1.19. The molecular formula is C20H17Cl2N5. The number of halogens is 2. The molecule has 0 unspecified atom stereocenters. The molecule has 27 heavy (non-hydrogen) atoms. The predicted molar refractivity (Wildman–Crippen MR) is 106 cm³/mol. The summed E-state index contributed by atoms with van der Waals surface area (Å²) in [5, 5.41) is 10.5. The van der Waals surface area contributed by atoms with Gasteiger partial charge in [-0.1, -0.05) is 35.0 Å². The number of hydrogen-bond acceptors (Lipinski definition) is 5. The summed E-state index contributed by atoms with van der Waals surface area (Å²) in [6.07, 6.45) is 5.30. The fourth-order valence-corrected chi connectivity index (χ4v) is 4.25. The van der Waals surface area contributed by atoms with E-state index in [1.54, 1.807) is 24.5 Å². The zero-order chi connectivity index (χ0) is 18.8. The van der Waals surface area contributed by atoms with E-state index < -0.39 is 0 Å². The molecule has 7 heteroatoms. The molecule has 0 amide bonds. The van der Waals surface area contributed by atoms with E-state index in [-0.39, 0.29) is 6.04 Å². The van der Waals surface area contributed by atoms with Crippen LogP contribution in [0.3, 0.4) is 0 Å². The van der Waals surface area contributed by atoms with Crippen LogP contribution < -0.4 is 4.90 Å². The van der Waals surface area contributed by atoms with Gasteiger partial charge in [-0.25, -0.2) is 9.97 Å². The first-order valence-electron chi connectivity index (χ1n) is 8.84. The van der Waals surface area contributed by atoms with E-state index in [4.69, 9.17) is 23.2 Å². The van der Waals surface area contributed by atoms with Gasteiger partial charge in [-0.2, -0.15) is 5.26 Å². The molecule has 2 saturated heterocycles. The number of anilines is 1. The Morgan fingerprint density at radius 1 is 1.11 bits per heavy atom. The standard InChI is InChI=1S/C20H17Cl2N5/c21-15-3-1-14(18(22)11-15)2-4-16-5-6-17-13-26(9-10-27(16)17)20-19(12-23)24-7-8-25-20/h1,3,7-8,11,16-17H,5-6,9-10,13H2/t16-,17-/m0/s1. The van der Waals surface area contributed by atoms with Gasteiger partial charge in [0.2, 0.25) is 0 Å². The fraction of sp³-hybridized carbons (Fsp3) is 0.350. The molecule has 2 aliphatic heterocycles. The largest absolute Gasteiger partial charge is 0.351 e. The molecule has 0 aliphatic carbocycles. The van der Waals surface area contributed by atoms with Gasteiger partial charge in [0.1, 0.15) is 6.07 Å². The monoisotopic (exact) mass is 397 g/mol. The second kappa shape index (κ2) is 7.74. The molecule has 0 saturated carbocycles. The number of hydrogen-bond donors (Lipinski definition) is 0. The van der Waals surface area contributed by atoms with Gasteiger partial charge < -0.3 is 4.90 Å².